The topological polar surface area (TPSA) is 93.0 Å². The molecule has 0 aromatic carbocycles. The van der Waals surface area contributed by atoms with Crippen LogP contribution in [-0.4, -0.2) is 48.1 Å². The van der Waals surface area contributed by atoms with E-state index in [1.54, 1.807) is 6.20 Å². The highest BCUT2D eigenvalue weighted by Crippen LogP contribution is 2.28. The van der Waals surface area contributed by atoms with Crippen LogP contribution in [0, 0.1) is 0 Å². The average molecular weight is 377 g/mol. The molecule has 0 aliphatic heterocycles. The molecule has 8 heteroatoms. The van der Waals surface area contributed by atoms with E-state index in [1.165, 1.54) is 0 Å². The van der Waals surface area contributed by atoms with Crippen LogP contribution < -0.4 is 5.32 Å². The molecule has 0 bridgehead atoms. The lowest BCUT2D eigenvalue weighted by Gasteiger charge is -2.28. The van der Waals surface area contributed by atoms with Crippen molar-refractivity contribution in [3.8, 4) is 11.1 Å². The monoisotopic (exact) mass is 377 g/mol. The van der Waals surface area contributed by atoms with Gasteiger partial charge in [-0.3, -0.25) is 4.40 Å². The molecule has 2 N–H and O–H groups in total. The molecule has 0 amide bonds. The summed E-state index contributed by atoms with van der Waals surface area (Å²) >= 11 is 0. The molecule has 1 saturated carbocycles. The fourth-order valence-electron chi connectivity index (χ4n) is 3.96. The summed E-state index contributed by atoms with van der Waals surface area (Å²) in [7, 11) is 0. The van der Waals surface area contributed by atoms with Crippen molar-refractivity contribution in [1.29, 1.82) is 0 Å². The van der Waals surface area contributed by atoms with Gasteiger partial charge in [0.05, 0.1) is 6.10 Å². The third kappa shape index (κ3) is 3.20. The molecule has 0 unspecified atom stereocenters. The summed E-state index contributed by atoms with van der Waals surface area (Å²) in [6.45, 7) is 2.85. The molecule has 4 aromatic heterocycles. The number of ether oxygens (including phenoxy) is 1. The predicted molar refractivity (Wildman–Crippen MR) is 107 cm³/mol. The Morgan fingerprint density at radius 2 is 2.07 bits per heavy atom. The van der Waals surface area contributed by atoms with Crippen LogP contribution in [0.3, 0.4) is 0 Å². The summed E-state index contributed by atoms with van der Waals surface area (Å²) in [6.07, 6.45) is 16.0. The lowest BCUT2D eigenvalue weighted by molar-refractivity contribution is 0.0346. The summed E-state index contributed by atoms with van der Waals surface area (Å²) < 4.78 is 7.64. The minimum atomic E-state index is 0.399. The van der Waals surface area contributed by atoms with Gasteiger partial charge in [-0.2, -0.15) is 4.98 Å². The Bertz CT molecular complexity index is 1090. The van der Waals surface area contributed by atoms with E-state index in [2.05, 4.69) is 37.2 Å². The highest BCUT2D eigenvalue weighted by atomic mass is 16.5. The zero-order chi connectivity index (χ0) is 18.9. The Hall–Kier alpha value is -3.00. The second kappa shape index (κ2) is 7.20. The largest absolute Gasteiger partial charge is 0.379 e. The van der Waals surface area contributed by atoms with Crippen molar-refractivity contribution in [2.24, 2.45) is 0 Å². The minimum Gasteiger partial charge on any atom is -0.379 e. The number of rotatable bonds is 5. The van der Waals surface area contributed by atoms with E-state index in [0.717, 1.165) is 54.5 Å². The number of nitrogens with one attached hydrogen (secondary N) is 2. The second-order valence-electron chi connectivity index (χ2n) is 7.21. The van der Waals surface area contributed by atoms with Crippen molar-refractivity contribution in [2.45, 2.75) is 44.8 Å². The number of nitrogens with zero attached hydrogens (tertiary/aromatic N) is 5. The number of hydrogen-bond donors (Lipinski definition) is 2. The highest BCUT2D eigenvalue weighted by molar-refractivity contribution is 5.93. The summed E-state index contributed by atoms with van der Waals surface area (Å²) in [5, 5.41) is 4.46. The molecule has 0 spiro atoms. The standard InChI is InChI=1S/C20H23N7O/c1-2-28-15-5-3-14(4-6-15)25-19-23-11-17-16(10-22-18(17)26-19)13-9-24-20-21-7-8-27(20)12-13/h7-12,14-15H,2-6H2,1H3,(H2,22,23,25,26)/t14-,15+. The third-order valence-electron chi connectivity index (χ3n) is 5.40. The highest BCUT2D eigenvalue weighted by Gasteiger charge is 2.22. The molecule has 144 valence electrons. The number of aromatic nitrogens is 6. The Kier molecular flexibility index (Phi) is 4.40. The van der Waals surface area contributed by atoms with Gasteiger partial charge in [-0.05, 0) is 32.6 Å². The third-order valence-corrected chi connectivity index (χ3v) is 5.40. The predicted octanol–water partition coefficient (Wildman–Crippen LogP) is 3.43. The number of anilines is 1. The first kappa shape index (κ1) is 17.1. The van der Waals surface area contributed by atoms with Gasteiger partial charge in [0.25, 0.3) is 0 Å². The van der Waals surface area contributed by atoms with E-state index in [9.17, 15) is 0 Å². The summed E-state index contributed by atoms with van der Waals surface area (Å²) in [5.41, 5.74) is 2.85. The van der Waals surface area contributed by atoms with Crippen LogP contribution >= 0.6 is 0 Å². The Labute approximate surface area is 162 Å². The molecule has 1 aliphatic carbocycles. The number of fused-ring (bicyclic) bond motifs is 2. The first-order valence-electron chi connectivity index (χ1n) is 9.81. The molecule has 1 aliphatic rings. The molecule has 4 aromatic rings. The molecule has 5 rings (SSSR count). The Balaban J connectivity index is 1.35. The Morgan fingerprint density at radius 3 is 2.93 bits per heavy atom. The van der Waals surface area contributed by atoms with Gasteiger partial charge in [-0.15, -0.1) is 0 Å². The fraction of sp³-hybridized carbons (Fsp3) is 0.400. The normalized spacial score (nSPS) is 20.0. The van der Waals surface area contributed by atoms with E-state index in [1.807, 2.05) is 35.4 Å². The van der Waals surface area contributed by atoms with Gasteiger partial charge in [0.1, 0.15) is 5.65 Å². The van der Waals surface area contributed by atoms with Crippen LogP contribution in [0.15, 0.2) is 37.2 Å². The van der Waals surface area contributed by atoms with Gasteiger partial charge < -0.3 is 15.0 Å². The zero-order valence-electron chi connectivity index (χ0n) is 15.8. The average Bonchev–Trinajstić information content (AvgIpc) is 3.35. The number of aromatic amines is 1. The second-order valence-corrected chi connectivity index (χ2v) is 7.21. The van der Waals surface area contributed by atoms with E-state index < -0.39 is 0 Å². The van der Waals surface area contributed by atoms with Crippen molar-refractivity contribution in [3.63, 3.8) is 0 Å². The minimum absolute atomic E-state index is 0.399. The quantitative estimate of drug-likeness (QED) is 0.553. The van der Waals surface area contributed by atoms with Gasteiger partial charge in [0.2, 0.25) is 11.7 Å². The number of H-pyrrole nitrogens is 1. The van der Waals surface area contributed by atoms with E-state index in [0.29, 0.717) is 23.9 Å². The molecule has 8 nitrogen and oxygen atoms in total. The molecule has 0 saturated heterocycles. The maximum absolute atomic E-state index is 5.73. The molecule has 1 fully saturated rings. The zero-order valence-corrected chi connectivity index (χ0v) is 15.8. The summed E-state index contributed by atoms with van der Waals surface area (Å²) in [6, 6.07) is 0.399. The van der Waals surface area contributed by atoms with Crippen molar-refractivity contribution < 1.29 is 4.74 Å². The smallest absolute Gasteiger partial charge is 0.233 e. The number of imidazole rings is 1. The van der Waals surface area contributed by atoms with Gasteiger partial charge in [0.15, 0.2) is 0 Å². The van der Waals surface area contributed by atoms with Crippen LogP contribution in [0.2, 0.25) is 0 Å². The molecule has 4 heterocycles. The summed E-state index contributed by atoms with van der Waals surface area (Å²) in [5.74, 6) is 1.36. The van der Waals surface area contributed by atoms with E-state index >= 15 is 0 Å². The molecular formula is C20H23N7O. The summed E-state index contributed by atoms with van der Waals surface area (Å²) in [4.78, 5) is 21.1. The maximum atomic E-state index is 5.73. The molecule has 0 atom stereocenters. The van der Waals surface area contributed by atoms with Gasteiger partial charge in [-0.25, -0.2) is 15.0 Å². The van der Waals surface area contributed by atoms with Crippen LogP contribution in [0.1, 0.15) is 32.6 Å². The van der Waals surface area contributed by atoms with E-state index in [-0.39, 0.29) is 0 Å². The van der Waals surface area contributed by atoms with Gasteiger partial charge >= 0.3 is 0 Å². The van der Waals surface area contributed by atoms with Crippen molar-refractivity contribution in [2.75, 3.05) is 11.9 Å². The first-order valence-corrected chi connectivity index (χ1v) is 9.81. The lowest BCUT2D eigenvalue weighted by Crippen LogP contribution is -2.30. The maximum Gasteiger partial charge on any atom is 0.233 e. The van der Waals surface area contributed by atoms with Crippen molar-refractivity contribution >= 4 is 22.8 Å². The van der Waals surface area contributed by atoms with Crippen LogP contribution in [0.5, 0.6) is 0 Å². The molecule has 28 heavy (non-hydrogen) atoms. The number of hydrogen-bond acceptors (Lipinski definition) is 6. The van der Waals surface area contributed by atoms with Crippen LogP contribution in [0.4, 0.5) is 5.95 Å². The van der Waals surface area contributed by atoms with Crippen LogP contribution in [0.25, 0.3) is 27.9 Å². The fourth-order valence-corrected chi connectivity index (χ4v) is 3.96. The van der Waals surface area contributed by atoms with Gasteiger partial charge in [-0.1, -0.05) is 0 Å². The van der Waals surface area contributed by atoms with Gasteiger partial charge in [0, 0.05) is 66.3 Å². The van der Waals surface area contributed by atoms with Crippen molar-refractivity contribution in [1.82, 2.24) is 29.3 Å². The van der Waals surface area contributed by atoms with E-state index in [4.69, 9.17) is 4.74 Å². The Morgan fingerprint density at radius 1 is 1.18 bits per heavy atom. The van der Waals surface area contributed by atoms with Crippen molar-refractivity contribution in [3.05, 3.63) is 37.2 Å². The van der Waals surface area contributed by atoms with Crippen LogP contribution in [-0.2, 0) is 4.74 Å². The lowest BCUT2D eigenvalue weighted by atomic mass is 9.93. The molecular weight excluding hydrogens is 354 g/mol. The first-order chi connectivity index (χ1) is 13.8. The molecule has 0 radical (unpaired) electrons. The SMILES string of the molecule is CCO[C@H]1CC[C@@H](Nc2ncc3c(-c4cnc5nccn5c4)c[nH]c3n2)CC1.